The molecule has 132 valence electrons. The summed E-state index contributed by atoms with van der Waals surface area (Å²) in [5.74, 6) is 1.33. The molecule has 0 amide bonds. The number of aliphatic imine (C=N–C) groups is 1. The Hall–Kier alpha value is -1.68. The van der Waals surface area contributed by atoms with Gasteiger partial charge in [0.2, 0.25) is 10.0 Å². The Bertz CT molecular complexity index is 593. The van der Waals surface area contributed by atoms with Crippen LogP contribution in [0.15, 0.2) is 11.3 Å². The second kappa shape index (κ2) is 9.46. The molecule has 1 aromatic rings. The fourth-order valence-corrected chi connectivity index (χ4v) is 3.40. The summed E-state index contributed by atoms with van der Waals surface area (Å²) in [6.07, 6.45) is 1.47. The topological polar surface area (TPSA) is 105 Å². The van der Waals surface area contributed by atoms with E-state index in [0.717, 1.165) is 5.82 Å². The molecule has 1 rings (SSSR count). The lowest BCUT2D eigenvalue weighted by molar-refractivity contribution is 0.445. The molecule has 0 saturated carbocycles. The number of hydrogen-bond donors (Lipinski definition) is 2. The molecule has 0 saturated heterocycles. The standard InChI is InChI=1S/C13H27N7O2S/c1-5-14-13(16-10-12-17-11-18-19(12)4)15-8-9-23(21,22)20(6-2)7-3/h11H,5-10H2,1-4H3,(H2,14,15,16). The van der Waals surface area contributed by atoms with Crippen molar-refractivity contribution in [1.29, 1.82) is 0 Å². The lowest BCUT2D eigenvalue weighted by atomic mass is 10.6. The van der Waals surface area contributed by atoms with Gasteiger partial charge in [-0.1, -0.05) is 13.8 Å². The van der Waals surface area contributed by atoms with Crippen LogP contribution in [-0.2, 0) is 23.6 Å². The van der Waals surface area contributed by atoms with Crippen LogP contribution in [0.2, 0.25) is 0 Å². The summed E-state index contributed by atoms with van der Waals surface area (Å²) in [6.45, 7) is 7.94. The average molecular weight is 345 g/mol. The van der Waals surface area contributed by atoms with Gasteiger partial charge in [0.1, 0.15) is 18.7 Å². The minimum atomic E-state index is -3.24. The van der Waals surface area contributed by atoms with Crippen LogP contribution < -0.4 is 10.6 Å². The third kappa shape index (κ3) is 6.14. The first-order chi connectivity index (χ1) is 10.9. The van der Waals surface area contributed by atoms with Crippen molar-refractivity contribution < 1.29 is 8.42 Å². The van der Waals surface area contributed by atoms with Crippen LogP contribution in [0.4, 0.5) is 0 Å². The zero-order chi connectivity index (χ0) is 17.3. The van der Waals surface area contributed by atoms with Crippen LogP contribution in [0.25, 0.3) is 0 Å². The smallest absolute Gasteiger partial charge is 0.215 e. The van der Waals surface area contributed by atoms with Crippen molar-refractivity contribution in [3.05, 3.63) is 12.2 Å². The fraction of sp³-hybridized carbons (Fsp3) is 0.769. The Labute approximate surface area is 138 Å². The predicted octanol–water partition coefficient (Wildman–Crippen LogP) is -0.458. The van der Waals surface area contributed by atoms with E-state index >= 15 is 0 Å². The minimum absolute atomic E-state index is 0.0308. The third-order valence-electron chi connectivity index (χ3n) is 3.28. The van der Waals surface area contributed by atoms with Gasteiger partial charge in [0.05, 0.1) is 5.75 Å². The zero-order valence-electron chi connectivity index (χ0n) is 14.3. The van der Waals surface area contributed by atoms with Gasteiger partial charge in [0, 0.05) is 33.2 Å². The van der Waals surface area contributed by atoms with Crippen LogP contribution in [0.3, 0.4) is 0 Å². The maximum atomic E-state index is 12.1. The number of rotatable bonds is 9. The van der Waals surface area contributed by atoms with Gasteiger partial charge in [-0.3, -0.25) is 4.68 Å². The van der Waals surface area contributed by atoms with Crippen LogP contribution in [0.5, 0.6) is 0 Å². The molecule has 0 atom stereocenters. The van der Waals surface area contributed by atoms with Crippen molar-refractivity contribution in [2.75, 3.05) is 31.9 Å². The van der Waals surface area contributed by atoms with Crippen molar-refractivity contribution in [1.82, 2.24) is 29.7 Å². The highest BCUT2D eigenvalue weighted by molar-refractivity contribution is 7.89. The number of aromatic nitrogens is 3. The molecule has 0 aromatic carbocycles. The molecule has 10 heteroatoms. The van der Waals surface area contributed by atoms with Gasteiger partial charge in [-0.2, -0.15) is 5.10 Å². The first-order valence-corrected chi connectivity index (χ1v) is 9.38. The van der Waals surface area contributed by atoms with Gasteiger partial charge in [-0.05, 0) is 6.92 Å². The Morgan fingerprint density at radius 1 is 1.30 bits per heavy atom. The van der Waals surface area contributed by atoms with Gasteiger partial charge in [-0.25, -0.2) is 22.7 Å². The summed E-state index contributed by atoms with van der Waals surface area (Å²) in [7, 11) is -1.44. The van der Waals surface area contributed by atoms with Crippen molar-refractivity contribution in [3.63, 3.8) is 0 Å². The summed E-state index contributed by atoms with van der Waals surface area (Å²) in [5, 5.41) is 10.1. The summed E-state index contributed by atoms with van der Waals surface area (Å²) >= 11 is 0. The molecular formula is C13H27N7O2S. The lowest BCUT2D eigenvalue weighted by Gasteiger charge is -2.19. The molecule has 9 nitrogen and oxygen atoms in total. The molecule has 1 heterocycles. The Kier molecular flexibility index (Phi) is 7.96. The molecule has 23 heavy (non-hydrogen) atoms. The van der Waals surface area contributed by atoms with Gasteiger partial charge in [0.15, 0.2) is 5.96 Å². The second-order valence-electron chi connectivity index (χ2n) is 4.82. The van der Waals surface area contributed by atoms with E-state index in [-0.39, 0.29) is 5.75 Å². The SMILES string of the molecule is CCNC(=NCc1ncnn1C)NCCS(=O)(=O)N(CC)CC. The van der Waals surface area contributed by atoms with E-state index in [9.17, 15) is 8.42 Å². The fourth-order valence-electron chi connectivity index (χ4n) is 2.00. The molecule has 0 radical (unpaired) electrons. The van der Waals surface area contributed by atoms with Gasteiger partial charge in [-0.15, -0.1) is 0 Å². The average Bonchev–Trinajstić information content (AvgIpc) is 2.91. The number of sulfonamides is 1. The molecule has 0 aliphatic heterocycles. The molecule has 0 aliphatic carbocycles. The van der Waals surface area contributed by atoms with E-state index < -0.39 is 10.0 Å². The largest absolute Gasteiger partial charge is 0.357 e. The zero-order valence-corrected chi connectivity index (χ0v) is 15.1. The minimum Gasteiger partial charge on any atom is -0.357 e. The Balaban J connectivity index is 2.58. The van der Waals surface area contributed by atoms with E-state index in [2.05, 4.69) is 25.7 Å². The molecular weight excluding hydrogens is 318 g/mol. The highest BCUT2D eigenvalue weighted by atomic mass is 32.2. The normalized spacial score (nSPS) is 12.7. The first-order valence-electron chi connectivity index (χ1n) is 7.77. The van der Waals surface area contributed by atoms with Gasteiger partial charge in [0.25, 0.3) is 0 Å². The van der Waals surface area contributed by atoms with Crippen molar-refractivity contribution in [2.24, 2.45) is 12.0 Å². The number of hydrogen-bond acceptors (Lipinski definition) is 5. The molecule has 0 fully saturated rings. The molecule has 1 aromatic heterocycles. The highest BCUT2D eigenvalue weighted by Crippen LogP contribution is 1.99. The second-order valence-corrected chi connectivity index (χ2v) is 6.91. The summed E-state index contributed by atoms with van der Waals surface area (Å²) in [5.41, 5.74) is 0. The first kappa shape index (κ1) is 19.4. The maximum Gasteiger partial charge on any atom is 0.215 e. The van der Waals surface area contributed by atoms with E-state index in [1.165, 1.54) is 10.6 Å². The molecule has 0 bridgehead atoms. The van der Waals surface area contributed by atoms with Crippen LogP contribution in [0.1, 0.15) is 26.6 Å². The maximum absolute atomic E-state index is 12.1. The predicted molar refractivity (Wildman–Crippen MR) is 90.5 cm³/mol. The number of aryl methyl sites for hydroxylation is 1. The number of guanidine groups is 1. The van der Waals surface area contributed by atoms with Crippen molar-refractivity contribution in [2.45, 2.75) is 27.3 Å². The van der Waals surface area contributed by atoms with Crippen molar-refractivity contribution in [3.8, 4) is 0 Å². The van der Waals surface area contributed by atoms with E-state index in [1.807, 2.05) is 20.8 Å². The number of nitrogens with zero attached hydrogens (tertiary/aromatic N) is 5. The quantitative estimate of drug-likeness (QED) is 0.464. The van der Waals surface area contributed by atoms with Gasteiger partial charge >= 0.3 is 0 Å². The van der Waals surface area contributed by atoms with E-state index in [4.69, 9.17) is 0 Å². The number of nitrogens with one attached hydrogen (secondary N) is 2. The van der Waals surface area contributed by atoms with Gasteiger partial charge < -0.3 is 10.6 Å². The van der Waals surface area contributed by atoms with E-state index in [0.29, 0.717) is 38.7 Å². The highest BCUT2D eigenvalue weighted by Gasteiger charge is 2.18. The van der Waals surface area contributed by atoms with Crippen molar-refractivity contribution >= 4 is 16.0 Å². The molecule has 0 unspecified atom stereocenters. The lowest BCUT2D eigenvalue weighted by Crippen LogP contribution is -2.42. The summed E-state index contributed by atoms with van der Waals surface area (Å²) in [4.78, 5) is 8.48. The Morgan fingerprint density at radius 3 is 2.52 bits per heavy atom. The molecule has 0 spiro atoms. The summed E-state index contributed by atoms with van der Waals surface area (Å²) < 4.78 is 27.4. The summed E-state index contributed by atoms with van der Waals surface area (Å²) in [6, 6.07) is 0. The van der Waals surface area contributed by atoms with Crippen LogP contribution in [0, 0.1) is 0 Å². The molecule has 2 N–H and O–H groups in total. The van der Waals surface area contributed by atoms with E-state index in [1.54, 1.807) is 11.7 Å². The third-order valence-corrected chi connectivity index (χ3v) is 5.30. The van der Waals surface area contributed by atoms with Crippen LogP contribution in [-0.4, -0.2) is 65.4 Å². The Morgan fingerprint density at radius 2 is 2.00 bits per heavy atom. The van der Waals surface area contributed by atoms with Crippen LogP contribution >= 0.6 is 0 Å². The monoisotopic (exact) mass is 345 g/mol. The molecule has 0 aliphatic rings.